The Morgan fingerprint density at radius 1 is 1.30 bits per heavy atom. The molecule has 6 heteroatoms. The van der Waals surface area contributed by atoms with Crippen LogP contribution >= 0.6 is 23.2 Å². The highest BCUT2D eigenvalue weighted by atomic mass is 35.5. The Bertz CT molecular complexity index is 609. The molecule has 20 heavy (non-hydrogen) atoms. The maximum atomic E-state index is 6.26. The summed E-state index contributed by atoms with van der Waals surface area (Å²) in [7, 11) is 4.01. The van der Waals surface area contributed by atoms with E-state index < -0.39 is 0 Å². The Morgan fingerprint density at radius 2 is 2.00 bits per heavy atom. The van der Waals surface area contributed by atoms with Crippen LogP contribution in [-0.2, 0) is 13.6 Å². The topological polar surface area (TPSA) is 34.0 Å². The van der Waals surface area contributed by atoms with Gasteiger partial charge in [-0.05, 0) is 38.6 Å². The third-order valence-electron chi connectivity index (χ3n) is 3.65. The minimum absolute atomic E-state index is 0.164. The second-order valence-corrected chi connectivity index (χ2v) is 5.82. The van der Waals surface area contributed by atoms with Gasteiger partial charge in [-0.25, -0.2) is 0 Å². The zero-order chi connectivity index (χ0) is 14.9. The molecule has 0 aliphatic heterocycles. The van der Waals surface area contributed by atoms with Crippen molar-refractivity contribution < 1.29 is 0 Å². The highest BCUT2D eigenvalue weighted by Gasteiger charge is 2.17. The summed E-state index contributed by atoms with van der Waals surface area (Å²) in [4.78, 5) is 2.18. The lowest BCUT2D eigenvalue weighted by Crippen LogP contribution is -2.24. The fourth-order valence-corrected chi connectivity index (χ4v) is 2.59. The molecule has 0 fully saturated rings. The molecule has 4 nitrogen and oxygen atoms in total. The molecule has 0 bridgehead atoms. The Kier molecular flexibility index (Phi) is 4.68. The van der Waals surface area contributed by atoms with E-state index in [2.05, 4.69) is 22.0 Å². The minimum Gasteiger partial charge on any atom is -0.317 e. The summed E-state index contributed by atoms with van der Waals surface area (Å²) in [6, 6.07) is 5.76. The molecule has 1 heterocycles. The van der Waals surface area contributed by atoms with Crippen molar-refractivity contribution >= 4 is 23.2 Å². The second-order valence-electron chi connectivity index (χ2n) is 4.98. The van der Waals surface area contributed by atoms with E-state index in [1.807, 2.05) is 37.7 Å². The standard InChI is InChI=1S/C14H18Cl2N4/c1-9(12-6-5-11(15)7-13(12)16)19(3)8-14-18-17-10(2)20(14)4/h5-7,9H,8H2,1-4H3. The van der Waals surface area contributed by atoms with Crippen LogP contribution in [0.3, 0.4) is 0 Å². The van der Waals surface area contributed by atoms with Gasteiger partial charge in [0.1, 0.15) is 11.6 Å². The van der Waals surface area contributed by atoms with Gasteiger partial charge in [0.25, 0.3) is 0 Å². The van der Waals surface area contributed by atoms with Gasteiger partial charge in [0.2, 0.25) is 0 Å². The highest BCUT2D eigenvalue weighted by Crippen LogP contribution is 2.29. The molecule has 0 aliphatic rings. The molecule has 0 aliphatic carbocycles. The molecule has 0 saturated heterocycles. The third-order valence-corrected chi connectivity index (χ3v) is 4.21. The molecule has 0 spiro atoms. The first-order valence-electron chi connectivity index (χ1n) is 6.40. The summed E-state index contributed by atoms with van der Waals surface area (Å²) in [5.41, 5.74) is 1.05. The van der Waals surface area contributed by atoms with Crippen LogP contribution < -0.4 is 0 Å². The minimum atomic E-state index is 0.164. The Balaban J connectivity index is 2.16. The number of hydrogen-bond acceptors (Lipinski definition) is 3. The van der Waals surface area contributed by atoms with Crippen LogP contribution in [0.25, 0.3) is 0 Å². The van der Waals surface area contributed by atoms with Gasteiger partial charge in [-0.2, -0.15) is 0 Å². The van der Waals surface area contributed by atoms with Crippen LogP contribution in [-0.4, -0.2) is 26.7 Å². The van der Waals surface area contributed by atoms with E-state index in [4.69, 9.17) is 23.2 Å². The van der Waals surface area contributed by atoms with Crippen LogP contribution in [0.5, 0.6) is 0 Å². The van der Waals surface area contributed by atoms with Crippen molar-refractivity contribution in [3.63, 3.8) is 0 Å². The molecule has 1 aromatic carbocycles. The van der Waals surface area contributed by atoms with Crippen LogP contribution in [0.4, 0.5) is 0 Å². The quantitative estimate of drug-likeness (QED) is 0.864. The van der Waals surface area contributed by atoms with E-state index in [0.717, 1.165) is 17.2 Å². The molecular weight excluding hydrogens is 295 g/mol. The Labute approximate surface area is 129 Å². The van der Waals surface area contributed by atoms with Gasteiger partial charge < -0.3 is 4.57 Å². The first-order valence-corrected chi connectivity index (χ1v) is 7.15. The van der Waals surface area contributed by atoms with Crippen molar-refractivity contribution in [3.8, 4) is 0 Å². The summed E-state index contributed by atoms with van der Waals surface area (Å²) in [6.45, 7) is 4.76. The summed E-state index contributed by atoms with van der Waals surface area (Å²) in [6.07, 6.45) is 0. The molecule has 1 atom stereocenters. The van der Waals surface area contributed by atoms with Crippen LogP contribution in [0.15, 0.2) is 18.2 Å². The second kappa shape index (κ2) is 6.12. The lowest BCUT2D eigenvalue weighted by atomic mass is 10.1. The molecule has 0 N–H and O–H groups in total. The average molecular weight is 313 g/mol. The number of aryl methyl sites for hydroxylation is 1. The first kappa shape index (κ1) is 15.3. The van der Waals surface area contributed by atoms with Crippen LogP contribution in [0, 0.1) is 6.92 Å². The molecule has 1 aromatic heterocycles. The van der Waals surface area contributed by atoms with Crippen LogP contribution in [0.1, 0.15) is 30.2 Å². The SMILES string of the molecule is Cc1nnc(CN(C)C(C)c2ccc(Cl)cc2Cl)n1C. The van der Waals surface area contributed by atoms with Crippen molar-refractivity contribution in [2.24, 2.45) is 7.05 Å². The normalized spacial score (nSPS) is 12.9. The molecule has 108 valence electrons. The zero-order valence-electron chi connectivity index (χ0n) is 12.1. The number of benzene rings is 1. The Morgan fingerprint density at radius 3 is 2.55 bits per heavy atom. The fraction of sp³-hybridized carbons (Fsp3) is 0.429. The van der Waals surface area contributed by atoms with Gasteiger partial charge in [-0.1, -0.05) is 29.3 Å². The number of hydrogen-bond donors (Lipinski definition) is 0. The van der Waals surface area contributed by atoms with E-state index in [-0.39, 0.29) is 6.04 Å². The Hall–Kier alpha value is -1.10. The first-order chi connectivity index (χ1) is 9.40. The van der Waals surface area contributed by atoms with Crippen molar-refractivity contribution in [3.05, 3.63) is 45.5 Å². The number of nitrogens with zero attached hydrogens (tertiary/aromatic N) is 4. The van der Waals surface area contributed by atoms with Crippen molar-refractivity contribution in [2.75, 3.05) is 7.05 Å². The van der Waals surface area contributed by atoms with E-state index in [0.29, 0.717) is 16.6 Å². The molecule has 0 saturated carbocycles. The van der Waals surface area contributed by atoms with Crippen molar-refractivity contribution in [2.45, 2.75) is 26.4 Å². The third kappa shape index (κ3) is 3.14. The average Bonchev–Trinajstić information content (AvgIpc) is 2.70. The van der Waals surface area contributed by atoms with E-state index in [1.54, 1.807) is 6.07 Å². The molecule has 2 rings (SSSR count). The van der Waals surface area contributed by atoms with Gasteiger partial charge in [0, 0.05) is 23.1 Å². The molecule has 1 unspecified atom stereocenters. The monoisotopic (exact) mass is 312 g/mol. The largest absolute Gasteiger partial charge is 0.317 e. The van der Waals surface area contributed by atoms with Crippen molar-refractivity contribution in [1.29, 1.82) is 0 Å². The van der Waals surface area contributed by atoms with Gasteiger partial charge in [0.05, 0.1) is 6.54 Å². The maximum Gasteiger partial charge on any atom is 0.146 e. The molecule has 2 aromatic rings. The van der Waals surface area contributed by atoms with Gasteiger partial charge in [-0.15, -0.1) is 10.2 Å². The van der Waals surface area contributed by atoms with Gasteiger partial charge in [-0.3, -0.25) is 4.90 Å². The lowest BCUT2D eigenvalue weighted by molar-refractivity contribution is 0.244. The van der Waals surface area contributed by atoms with Gasteiger partial charge >= 0.3 is 0 Å². The number of halogens is 2. The summed E-state index contributed by atoms with van der Waals surface area (Å²) in [5.74, 6) is 1.84. The maximum absolute atomic E-state index is 6.26. The fourth-order valence-electron chi connectivity index (χ4n) is 2.03. The molecular formula is C14H18Cl2N4. The summed E-state index contributed by atoms with van der Waals surface area (Å²) < 4.78 is 1.99. The molecule has 0 amide bonds. The van der Waals surface area contributed by atoms with Crippen molar-refractivity contribution in [1.82, 2.24) is 19.7 Å². The predicted octanol–water partition coefficient (Wildman–Crippen LogP) is 3.62. The molecule has 0 radical (unpaired) electrons. The zero-order valence-corrected chi connectivity index (χ0v) is 13.6. The highest BCUT2D eigenvalue weighted by molar-refractivity contribution is 6.35. The van der Waals surface area contributed by atoms with E-state index >= 15 is 0 Å². The summed E-state index contributed by atoms with van der Waals surface area (Å²) in [5, 5.41) is 9.59. The number of rotatable bonds is 4. The number of aromatic nitrogens is 3. The summed E-state index contributed by atoms with van der Waals surface area (Å²) >= 11 is 12.2. The van der Waals surface area contributed by atoms with E-state index in [9.17, 15) is 0 Å². The van der Waals surface area contributed by atoms with Crippen LogP contribution in [0.2, 0.25) is 10.0 Å². The lowest BCUT2D eigenvalue weighted by Gasteiger charge is -2.25. The van der Waals surface area contributed by atoms with Gasteiger partial charge in [0.15, 0.2) is 0 Å². The predicted molar refractivity (Wildman–Crippen MR) is 82.1 cm³/mol. The van der Waals surface area contributed by atoms with E-state index in [1.165, 1.54) is 0 Å². The smallest absolute Gasteiger partial charge is 0.146 e.